The van der Waals surface area contributed by atoms with Gasteiger partial charge < -0.3 is 5.32 Å². The minimum absolute atomic E-state index is 0.441. The molecule has 4 aliphatic rings. The Labute approximate surface area is 217 Å². The number of alkyl halides is 2. The van der Waals surface area contributed by atoms with Crippen molar-refractivity contribution in [2.45, 2.75) is 16.7 Å². The lowest BCUT2D eigenvalue weighted by atomic mass is 9.54. The monoisotopic (exact) mass is 524 g/mol. The highest BCUT2D eigenvalue weighted by atomic mass is 35.5. The minimum atomic E-state index is -1.27. The van der Waals surface area contributed by atoms with Crippen LogP contribution in [0.5, 0.6) is 0 Å². The summed E-state index contributed by atoms with van der Waals surface area (Å²) in [6.07, 6.45) is 0. The van der Waals surface area contributed by atoms with E-state index in [0.717, 1.165) is 32.7 Å². The Morgan fingerprint density at radius 1 is 0.857 bits per heavy atom. The van der Waals surface area contributed by atoms with Crippen LogP contribution < -0.4 is 5.32 Å². The van der Waals surface area contributed by atoms with Crippen molar-refractivity contribution in [2.75, 3.05) is 11.9 Å². The van der Waals surface area contributed by atoms with Crippen LogP contribution in [0.25, 0.3) is 0 Å². The van der Waals surface area contributed by atoms with Gasteiger partial charge in [-0.2, -0.15) is 0 Å². The molecular formula is C27H19Cl3N2O3. The summed E-state index contributed by atoms with van der Waals surface area (Å²) < 4.78 is 0. The van der Waals surface area contributed by atoms with E-state index in [1.54, 1.807) is 18.2 Å². The number of halogens is 3. The highest BCUT2D eigenvalue weighted by Crippen LogP contribution is 2.69. The largest absolute Gasteiger partial charge is 0.324 e. The zero-order valence-electron chi connectivity index (χ0n) is 18.5. The summed E-state index contributed by atoms with van der Waals surface area (Å²) in [5.74, 6) is -3.37. The molecule has 0 unspecified atom stereocenters. The fourth-order valence-corrected chi connectivity index (χ4v) is 7.21. The van der Waals surface area contributed by atoms with Gasteiger partial charge in [0.15, 0.2) is 0 Å². The number of imide groups is 1. The van der Waals surface area contributed by atoms with Gasteiger partial charge in [0.25, 0.3) is 0 Å². The van der Waals surface area contributed by atoms with Gasteiger partial charge in [-0.15, -0.1) is 23.2 Å². The molecule has 3 amide bonds. The first-order valence-corrected chi connectivity index (χ1v) is 12.3. The lowest BCUT2D eigenvalue weighted by Crippen LogP contribution is -2.57. The van der Waals surface area contributed by atoms with Crippen LogP contribution in [0.1, 0.15) is 27.8 Å². The second-order valence-corrected chi connectivity index (χ2v) is 10.9. The van der Waals surface area contributed by atoms with Gasteiger partial charge in [0.05, 0.1) is 11.8 Å². The number of likely N-dealkylation sites (tertiary alicyclic amines) is 1. The van der Waals surface area contributed by atoms with Gasteiger partial charge >= 0.3 is 0 Å². The van der Waals surface area contributed by atoms with Gasteiger partial charge in [-0.25, -0.2) is 0 Å². The fraction of sp³-hybridized carbons (Fsp3) is 0.222. The van der Waals surface area contributed by atoms with Gasteiger partial charge in [0, 0.05) is 10.7 Å². The molecule has 0 spiro atoms. The van der Waals surface area contributed by atoms with Gasteiger partial charge in [-0.05, 0) is 46.9 Å². The summed E-state index contributed by atoms with van der Waals surface area (Å²) in [6.45, 7) is 1.39. The summed E-state index contributed by atoms with van der Waals surface area (Å²) in [4.78, 5) is 39.0. The number of rotatable bonds is 3. The van der Waals surface area contributed by atoms with Crippen molar-refractivity contribution >= 4 is 58.2 Å². The Kier molecular flexibility index (Phi) is 4.89. The number of anilines is 1. The van der Waals surface area contributed by atoms with Crippen molar-refractivity contribution in [2.24, 2.45) is 11.8 Å². The minimum Gasteiger partial charge on any atom is -0.324 e. The highest BCUT2D eigenvalue weighted by Gasteiger charge is 2.73. The second-order valence-electron chi connectivity index (χ2n) is 9.24. The molecule has 0 aromatic heterocycles. The van der Waals surface area contributed by atoms with E-state index in [4.69, 9.17) is 34.8 Å². The van der Waals surface area contributed by atoms with Crippen LogP contribution in [-0.4, -0.2) is 29.2 Å². The van der Waals surface area contributed by atoms with Gasteiger partial charge in [-0.3, -0.25) is 19.3 Å². The molecule has 1 saturated heterocycles. The number of carbonyl (C=O) groups excluding carboxylic acids is 3. The zero-order valence-corrected chi connectivity index (χ0v) is 20.8. The van der Waals surface area contributed by atoms with E-state index < -0.39 is 45.9 Å². The van der Waals surface area contributed by atoms with E-state index in [9.17, 15) is 14.4 Å². The van der Waals surface area contributed by atoms with Gasteiger partial charge in [0.2, 0.25) is 17.7 Å². The van der Waals surface area contributed by atoms with Crippen molar-refractivity contribution in [3.8, 4) is 0 Å². The van der Waals surface area contributed by atoms with Crippen LogP contribution in [0.3, 0.4) is 0 Å². The predicted octanol–water partition coefficient (Wildman–Crippen LogP) is 5.18. The smallest absolute Gasteiger partial charge is 0.244 e. The third kappa shape index (κ3) is 2.86. The Balaban J connectivity index is 1.42. The molecule has 8 heteroatoms. The maximum atomic E-state index is 13.8. The molecule has 3 aromatic carbocycles. The van der Waals surface area contributed by atoms with Gasteiger partial charge in [-0.1, -0.05) is 66.2 Å². The molecule has 2 atom stereocenters. The highest BCUT2D eigenvalue weighted by molar-refractivity contribution is 6.36. The lowest BCUT2D eigenvalue weighted by molar-refractivity contribution is -0.142. The topological polar surface area (TPSA) is 66.5 Å². The first-order chi connectivity index (χ1) is 16.7. The lowest BCUT2D eigenvalue weighted by Gasteiger charge is -2.54. The normalized spacial score (nSPS) is 27.9. The third-order valence-corrected chi connectivity index (χ3v) is 8.97. The number of hydrogen-bond acceptors (Lipinski definition) is 3. The molecule has 3 aromatic rings. The number of benzene rings is 3. The van der Waals surface area contributed by atoms with Crippen LogP contribution >= 0.6 is 34.8 Å². The van der Waals surface area contributed by atoms with Crippen LogP contribution in [-0.2, 0) is 24.1 Å². The number of nitrogens with zero attached hydrogens (tertiary/aromatic N) is 1. The molecule has 5 nitrogen and oxygen atoms in total. The Hall–Kier alpha value is -2.86. The van der Waals surface area contributed by atoms with Crippen molar-refractivity contribution in [3.05, 3.63) is 99.6 Å². The fourth-order valence-electron chi connectivity index (χ4n) is 5.94. The predicted molar refractivity (Wildman–Crippen MR) is 135 cm³/mol. The Morgan fingerprint density at radius 3 is 1.77 bits per heavy atom. The number of nitrogens with one attached hydrogen (secondary N) is 1. The quantitative estimate of drug-likeness (QED) is 0.378. The molecule has 1 fully saturated rings. The molecule has 1 N–H and O–H groups in total. The average molecular weight is 526 g/mol. The van der Waals surface area contributed by atoms with Crippen molar-refractivity contribution < 1.29 is 14.4 Å². The van der Waals surface area contributed by atoms with Crippen LogP contribution in [0, 0.1) is 18.8 Å². The molecule has 0 saturated carbocycles. The number of hydrogen-bond donors (Lipinski definition) is 1. The summed E-state index contributed by atoms with van der Waals surface area (Å²) in [5, 5.41) is 3.22. The SMILES string of the molecule is Cc1ccc(Cl)cc1NC(=O)CN1C(=O)[C@H]2[C@H](C1=O)C1(Cl)c3ccccc3C2(Cl)c2ccccc21. The second kappa shape index (κ2) is 7.57. The van der Waals surface area contributed by atoms with E-state index in [0.29, 0.717) is 10.7 Å². The van der Waals surface area contributed by atoms with Crippen molar-refractivity contribution in [3.63, 3.8) is 0 Å². The molecule has 2 bridgehead atoms. The summed E-state index contributed by atoms with van der Waals surface area (Å²) in [5.41, 5.74) is 4.20. The van der Waals surface area contributed by atoms with Crippen LogP contribution in [0.2, 0.25) is 5.02 Å². The average Bonchev–Trinajstić information content (AvgIpc) is 3.10. The zero-order chi connectivity index (χ0) is 24.7. The summed E-state index contributed by atoms with van der Waals surface area (Å²) >= 11 is 20.8. The summed E-state index contributed by atoms with van der Waals surface area (Å²) in [6, 6.07) is 20.0. The Bertz CT molecular complexity index is 1330. The molecule has 3 aliphatic carbocycles. The number of amides is 3. The molecule has 1 aliphatic heterocycles. The molecule has 176 valence electrons. The first kappa shape index (κ1) is 22.6. The summed E-state index contributed by atoms with van der Waals surface area (Å²) in [7, 11) is 0. The number of carbonyl (C=O) groups is 3. The van der Waals surface area contributed by atoms with Crippen molar-refractivity contribution in [1.29, 1.82) is 0 Å². The first-order valence-electron chi connectivity index (χ1n) is 11.2. The van der Waals surface area contributed by atoms with E-state index in [2.05, 4.69) is 5.32 Å². The maximum absolute atomic E-state index is 13.8. The van der Waals surface area contributed by atoms with E-state index in [1.807, 2.05) is 55.5 Å². The Morgan fingerprint density at radius 2 is 1.31 bits per heavy atom. The van der Waals surface area contributed by atoms with E-state index in [-0.39, 0.29) is 0 Å². The molecule has 35 heavy (non-hydrogen) atoms. The van der Waals surface area contributed by atoms with Crippen LogP contribution in [0.4, 0.5) is 5.69 Å². The van der Waals surface area contributed by atoms with Gasteiger partial charge in [0.1, 0.15) is 16.3 Å². The van der Waals surface area contributed by atoms with E-state index in [1.165, 1.54) is 0 Å². The van der Waals surface area contributed by atoms with E-state index >= 15 is 0 Å². The molecule has 7 rings (SSSR count). The standard InChI is InChI=1S/C27H19Cl3N2O3/c1-14-10-11-15(28)12-20(14)31-21(33)13-32-24(34)22-23(25(32)35)27(30)17-7-3-2-6-16(17)26(22,29)18-8-4-5-9-19(18)27/h2-12,22-23H,13H2,1H3,(H,31,33)/t22-,23-,26?,27?/m1/s1. The molecular weight excluding hydrogens is 507 g/mol. The maximum Gasteiger partial charge on any atom is 0.244 e. The van der Waals surface area contributed by atoms with Crippen LogP contribution in [0.15, 0.2) is 66.7 Å². The number of aryl methyl sites for hydroxylation is 1. The molecule has 0 radical (unpaired) electrons. The van der Waals surface area contributed by atoms with Crippen molar-refractivity contribution in [1.82, 2.24) is 4.90 Å². The third-order valence-electron chi connectivity index (χ3n) is 7.45. The molecule has 1 heterocycles.